The Hall–Kier alpha value is -3.23. The normalized spacial score (nSPS) is 11.8. The van der Waals surface area contributed by atoms with Gasteiger partial charge in [0.05, 0.1) is 11.3 Å². The lowest BCUT2D eigenvalue weighted by molar-refractivity contribution is -0.137. The summed E-state index contributed by atoms with van der Waals surface area (Å²) in [4.78, 5) is 32.1. The van der Waals surface area contributed by atoms with E-state index in [9.17, 15) is 22.8 Å². The Kier molecular flexibility index (Phi) is 5.71. The summed E-state index contributed by atoms with van der Waals surface area (Å²) in [6, 6.07) is 6.54. The van der Waals surface area contributed by atoms with E-state index in [2.05, 4.69) is 20.3 Å². The molecule has 1 aromatic heterocycles. The van der Waals surface area contributed by atoms with Gasteiger partial charge in [0, 0.05) is 29.9 Å². The first-order valence-electron chi connectivity index (χ1n) is 7.29. The average molecular weight is 365 g/mol. The van der Waals surface area contributed by atoms with Crippen molar-refractivity contribution in [3.05, 3.63) is 53.2 Å². The molecule has 0 spiro atoms. The lowest BCUT2D eigenvalue weighted by Crippen LogP contribution is -2.29. The van der Waals surface area contributed by atoms with Crippen LogP contribution in [0.15, 0.2) is 41.7 Å². The number of hydrogen-bond donors (Lipinski definition) is 1. The molecule has 0 aliphatic rings. The predicted molar refractivity (Wildman–Crippen MR) is 87.7 cm³/mol. The van der Waals surface area contributed by atoms with E-state index in [1.807, 2.05) is 0 Å². The maximum atomic E-state index is 12.7. The molecule has 6 nitrogen and oxygen atoms in total. The van der Waals surface area contributed by atoms with Gasteiger partial charge in [-0.25, -0.2) is 0 Å². The number of nitrogens with one attached hydrogen (secondary N) is 1. The minimum absolute atomic E-state index is 0.0548. The zero-order valence-electron chi connectivity index (χ0n) is 13.8. The highest BCUT2D eigenvalue weighted by atomic mass is 19.4. The zero-order chi connectivity index (χ0) is 19.3. The van der Waals surface area contributed by atoms with E-state index in [4.69, 9.17) is 0 Å². The molecule has 0 radical (unpaired) electrons. The van der Waals surface area contributed by atoms with Gasteiger partial charge in [-0.3, -0.25) is 14.6 Å². The highest BCUT2D eigenvalue weighted by Crippen LogP contribution is 2.31. The van der Waals surface area contributed by atoms with Crippen molar-refractivity contribution < 1.29 is 27.6 Å². The molecule has 26 heavy (non-hydrogen) atoms. The first-order valence-corrected chi connectivity index (χ1v) is 7.29. The lowest BCUT2D eigenvalue weighted by Gasteiger charge is -2.12. The van der Waals surface area contributed by atoms with Crippen LogP contribution in [0.5, 0.6) is 0 Å². The Labute approximate surface area is 146 Å². The van der Waals surface area contributed by atoms with Gasteiger partial charge in [0.25, 0.3) is 5.91 Å². The van der Waals surface area contributed by atoms with E-state index in [-0.39, 0.29) is 28.1 Å². The summed E-state index contributed by atoms with van der Waals surface area (Å²) in [5.41, 5.74) is -0.419. The van der Waals surface area contributed by atoms with Crippen LogP contribution < -0.4 is 5.32 Å². The van der Waals surface area contributed by atoms with Gasteiger partial charge in [0.1, 0.15) is 7.11 Å². The topological polar surface area (TPSA) is 80.7 Å². The number of hydrogen-bond acceptors (Lipinski definition) is 5. The second-order valence-electron chi connectivity index (χ2n) is 5.02. The molecule has 0 saturated carbocycles. The van der Waals surface area contributed by atoms with Crippen LogP contribution >= 0.6 is 0 Å². The Balaban J connectivity index is 2.60. The van der Waals surface area contributed by atoms with E-state index in [0.29, 0.717) is 12.5 Å². The van der Waals surface area contributed by atoms with E-state index in [1.54, 1.807) is 0 Å². The van der Waals surface area contributed by atoms with Crippen LogP contribution in [0.25, 0.3) is 11.3 Å². The number of aldehydes is 1. The Morgan fingerprint density at radius 1 is 1.27 bits per heavy atom. The summed E-state index contributed by atoms with van der Waals surface area (Å²) in [6.07, 6.45) is -3.35. The van der Waals surface area contributed by atoms with Crippen molar-refractivity contribution in [1.29, 1.82) is 0 Å². The monoisotopic (exact) mass is 365 g/mol. The highest BCUT2D eigenvalue weighted by molar-refractivity contribution is 6.46. The molecule has 0 bridgehead atoms. The van der Waals surface area contributed by atoms with Crippen LogP contribution in [0, 0.1) is 0 Å². The van der Waals surface area contributed by atoms with Crippen LogP contribution in [0.2, 0.25) is 0 Å². The number of pyridine rings is 1. The third kappa shape index (κ3) is 3.88. The molecular weight excluding hydrogens is 351 g/mol. The predicted octanol–water partition coefficient (Wildman–Crippen LogP) is 2.68. The Bertz CT molecular complexity index is 847. The van der Waals surface area contributed by atoms with Crippen LogP contribution in [-0.4, -0.2) is 37.0 Å². The standard InChI is InChI=1S/C17H14F3N3O3/c1-21-16(25)15(23-26-2)12-5-3-4-11(13(12)9-24)14-7-6-10(8-22-14)17(18,19)20/h3-9H,1-2H3,(H,21,25). The number of alkyl halides is 3. The molecule has 0 saturated heterocycles. The second-order valence-corrected chi connectivity index (χ2v) is 5.02. The number of aromatic nitrogens is 1. The molecule has 136 valence electrons. The molecule has 1 N–H and O–H groups in total. The second kappa shape index (κ2) is 7.77. The van der Waals surface area contributed by atoms with E-state index >= 15 is 0 Å². The minimum Gasteiger partial charge on any atom is -0.398 e. The summed E-state index contributed by atoms with van der Waals surface area (Å²) < 4.78 is 38.0. The molecule has 0 aliphatic heterocycles. The molecule has 1 aromatic carbocycles. The Morgan fingerprint density at radius 2 is 2.00 bits per heavy atom. The summed E-state index contributed by atoms with van der Waals surface area (Å²) in [6.45, 7) is 0. The fraction of sp³-hybridized carbons (Fsp3) is 0.176. The number of amides is 1. The molecule has 2 rings (SSSR count). The van der Waals surface area contributed by atoms with Gasteiger partial charge in [0.15, 0.2) is 12.0 Å². The fourth-order valence-corrected chi connectivity index (χ4v) is 2.27. The third-order valence-electron chi connectivity index (χ3n) is 3.47. The molecule has 0 unspecified atom stereocenters. The van der Waals surface area contributed by atoms with E-state index in [0.717, 1.165) is 12.1 Å². The van der Waals surface area contributed by atoms with E-state index in [1.165, 1.54) is 32.4 Å². The van der Waals surface area contributed by atoms with Gasteiger partial charge in [-0.05, 0) is 12.1 Å². The quantitative estimate of drug-likeness (QED) is 0.502. The zero-order valence-corrected chi connectivity index (χ0v) is 13.8. The number of halogens is 3. The molecule has 1 amide bonds. The van der Waals surface area contributed by atoms with Crippen molar-refractivity contribution in [2.75, 3.05) is 14.2 Å². The van der Waals surface area contributed by atoms with Gasteiger partial charge in [-0.1, -0.05) is 23.4 Å². The maximum Gasteiger partial charge on any atom is 0.417 e. The lowest BCUT2D eigenvalue weighted by atomic mass is 9.95. The fourth-order valence-electron chi connectivity index (χ4n) is 2.27. The maximum absolute atomic E-state index is 12.7. The molecular formula is C17H14F3N3O3. The molecule has 9 heteroatoms. The van der Waals surface area contributed by atoms with Crippen molar-refractivity contribution in [3.8, 4) is 11.3 Å². The van der Waals surface area contributed by atoms with Crippen LogP contribution in [0.1, 0.15) is 21.5 Å². The summed E-state index contributed by atoms with van der Waals surface area (Å²) in [5.74, 6) is -0.590. The summed E-state index contributed by atoms with van der Waals surface area (Å²) in [7, 11) is 2.63. The summed E-state index contributed by atoms with van der Waals surface area (Å²) in [5, 5.41) is 6.01. The number of rotatable bonds is 5. The van der Waals surface area contributed by atoms with Crippen LogP contribution in [-0.2, 0) is 15.8 Å². The molecule has 2 aromatic rings. The molecule has 0 aliphatic carbocycles. The van der Waals surface area contributed by atoms with Crippen molar-refractivity contribution in [1.82, 2.24) is 10.3 Å². The van der Waals surface area contributed by atoms with Gasteiger partial charge in [-0.2, -0.15) is 13.2 Å². The number of oxime groups is 1. The first kappa shape index (κ1) is 19.1. The molecule has 0 fully saturated rings. The number of carbonyl (C=O) groups is 2. The smallest absolute Gasteiger partial charge is 0.398 e. The van der Waals surface area contributed by atoms with Gasteiger partial charge in [0.2, 0.25) is 0 Å². The number of likely N-dealkylation sites (N-methyl/N-ethyl adjacent to an activating group) is 1. The van der Waals surface area contributed by atoms with Crippen molar-refractivity contribution in [2.45, 2.75) is 6.18 Å². The van der Waals surface area contributed by atoms with Gasteiger partial charge < -0.3 is 10.2 Å². The third-order valence-corrected chi connectivity index (χ3v) is 3.47. The number of benzene rings is 1. The average Bonchev–Trinajstić information content (AvgIpc) is 2.64. The van der Waals surface area contributed by atoms with Crippen LogP contribution in [0.4, 0.5) is 13.2 Å². The summed E-state index contributed by atoms with van der Waals surface area (Å²) >= 11 is 0. The number of carbonyl (C=O) groups excluding carboxylic acids is 2. The Morgan fingerprint density at radius 3 is 2.50 bits per heavy atom. The van der Waals surface area contributed by atoms with Crippen molar-refractivity contribution in [2.24, 2.45) is 5.16 Å². The van der Waals surface area contributed by atoms with Crippen molar-refractivity contribution in [3.63, 3.8) is 0 Å². The van der Waals surface area contributed by atoms with E-state index < -0.39 is 17.6 Å². The van der Waals surface area contributed by atoms with Crippen LogP contribution in [0.3, 0.4) is 0 Å². The van der Waals surface area contributed by atoms with Gasteiger partial charge >= 0.3 is 6.18 Å². The minimum atomic E-state index is -4.52. The van der Waals surface area contributed by atoms with Gasteiger partial charge in [-0.15, -0.1) is 0 Å². The molecule has 1 heterocycles. The number of nitrogens with zero attached hydrogens (tertiary/aromatic N) is 2. The largest absolute Gasteiger partial charge is 0.417 e. The molecule has 0 atom stereocenters. The SMILES string of the molecule is CNC(=O)C(=NOC)c1cccc(-c2ccc(C(F)(F)F)cn2)c1C=O. The van der Waals surface area contributed by atoms with Crippen molar-refractivity contribution >= 4 is 17.9 Å². The first-order chi connectivity index (χ1) is 12.3. The highest BCUT2D eigenvalue weighted by Gasteiger charge is 2.31.